The summed E-state index contributed by atoms with van der Waals surface area (Å²) in [6, 6.07) is 4.99. The van der Waals surface area contributed by atoms with E-state index in [-0.39, 0.29) is 11.9 Å². The van der Waals surface area contributed by atoms with Crippen LogP contribution >= 0.6 is 0 Å². The van der Waals surface area contributed by atoms with Crippen molar-refractivity contribution >= 4 is 21.6 Å². The van der Waals surface area contributed by atoms with Crippen molar-refractivity contribution in [3.63, 3.8) is 0 Å². The maximum absolute atomic E-state index is 12.2. The first-order valence-electron chi connectivity index (χ1n) is 7.06. The van der Waals surface area contributed by atoms with Crippen molar-refractivity contribution in [2.24, 2.45) is 0 Å². The largest absolute Gasteiger partial charge is 0.352 e. The molecule has 1 atom stereocenters. The quantitative estimate of drug-likeness (QED) is 0.901. The molecule has 1 aliphatic rings. The molecule has 21 heavy (non-hydrogen) atoms. The van der Waals surface area contributed by atoms with Crippen molar-refractivity contribution < 1.29 is 13.2 Å². The van der Waals surface area contributed by atoms with E-state index in [4.69, 9.17) is 0 Å². The van der Waals surface area contributed by atoms with E-state index >= 15 is 0 Å². The smallest absolute Gasteiger partial charge is 0.243 e. The molecule has 0 saturated heterocycles. The third-order valence-electron chi connectivity index (χ3n) is 3.47. The summed E-state index contributed by atoms with van der Waals surface area (Å²) in [5.41, 5.74) is 2.47. The number of hydrogen-bond donors (Lipinski definition) is 1. The second-order valence-corrected chi connectivity index (χ2v) is 7.72. The third-order valence-corrected chi connectivity index (χ3v) is 4.71. The number of carbonyl (C=O) groups excluding carboxylic acids is 1. The first-order valence-corrected chi connectivity index (χ1v) is 8.91. The van der Waals surface area contributed by atoms with E-state index in [2.05, 4.69) is 5.32 Å². The van der Waals surface area contributed by atoms with E-state index in [0.29, 0.717) is 5.69 Å². The molecule has 1 fully saturated rings. The highest BCUT2D eigenvalue weighted by molar-refractivity contribution is 7.92. The fraction of sp³-hybridized carbons (Fsp3) is 0.533. The Labute approximate surface area is 126 Å². The predicted molar refractivity (Wildman–Crippen MR) is 83.9 cm³/mol. The molecule has 2 rings (SSSR count). The van der Waals surface area contributed by atoms with Gasteiger partial charge in [-0.25, -0.2) is 8.42 Å². The van der Waals surface area contributed by atoms with Gasteiger partial charge in [-0.1, -0.05) is 6.07 Å². The van der Waals surface area contributed by atoms with Crippen LogP contribution in [-0.2, 0) is 14.8 Å². The van der Waals surface area contributed by atoms with Crippen LogP contribution in [0.2, 0.25) is 0 Å². The molecule has 6 heteroatoms. The zero-order valence-corrected chi connectivity index (χ0v) is 13.7. The highest BCUT2D eigenvalue weighted by atomic mass is 32.2. The van der Waals surface area contributed by atoms with Crippen LogP contribution in [0.1, 0.15) is 30.9 Å². The van der Waals surface area contributed by atoms with Crippen molar-refractivity contribution in [3.8, 4) is 0 Å². The van der Waals surface area contributed by atoms with Crippen molar-refractivity contribution in [2.45, 2.75) is 45.7 Å². The second-order valence-electron chi connectivity index (χ2n) is 5.86. The van der Waals surface area contributed by atoms with E-state index in [1.165, 1.54) is 4.31 Å². The lowest BCUT2D eigenvalue weighted by molar-refractivity contribution is -0.121. The molecule has 1 aromatic carbocycles. The van der Waals surface area contributed by atoms with Crippen LogP contribution in [0.5, 0.6) is 0 Å². The molecule has 116 valence electrons. The molecule has 0 aromatic heterocycles. The maximum Gasteiger partial charge on any atom is 0.243 e. The fourth-order valence-corrected chi connectivity index (χ4v) is 3.59. The summed E-state index contributed by atoms with van der Waals surface area (Å²) < 4.78 is 25.5. The zero-order valence-electron chi connectivity index (χ0n) is 12.9. The molecule has 1 aliphatic carbocycles. The van der Waals surface area contributed by atoms with Crippen LogP contribution in [0.4, 0.5) is 5.69 Å². The summed E-state index contributed by atoms with van der Waals surface area (Å²) in [6.07, 6.45) is 3.08. The SMILES string of the molecule is Cc1cc(C)cc(N([C@@H](C)C(=O)NC2CC2)S(C)(=O)=O)c1. The third kappa shape index (κ3) is 3.97. The van der Waals surface area contributed by atoms with E-state index in [1.54, 1.807) is 19.1 Å². The minimum Gasteiger partial charge on any atom is -0.352 e. The van der Waals surface area contributed by atoms with E-state index in [1.807, 2.05) is 19.9 Å². The summed E-state index contributed by atoms with van der Waals surface area (Å²) in [5, 5.41) is 2.86. The van der Waals surface area contributed by atoms with Crippen LogP contribution in [-0.4, -0.2) is 32.7 Å². The van der Waals surface area contributed by atoms with Gasteiger partial charge in [0.2, 0.25) is 15.9 Å². The van der Waals surface area contributed by atoms with E-state index in [0.717, 1.165) is 30.2 Å². The summed E-state index contributed by atoms with van der Waals surface area (Å²) in [5.74, 6) is -0.248. The summed E-state index contributed by atoms with van der Waals surface area (Å²) in [6.45, 7) is 5.44. The highest BCUT2D eigenvalue weighted by Crippen LogP contribution is 2.25. The molecule has 5 nitrogen and oxygen atoms in total. The van der Waals surface area contributed by atoms with Crippen LogP contribution in [0.25, 0.3) is 0 Å². The van der Waals surface area contributed by atoms with Crippen LogP contribution in [0.15, 0.2) is 18.2 Å². The number of aryl methyl sites for hydroxylation is 2. The monoisotopic (exact) mass is 310 g/mol. The van der Waals surface area contributed by atoms with Crippen molar-refractivity contribution in [1.29, 1.82) is 0 Å². The number of amides is 1. The molecule has 1 amide bonds. The zero-order chi connectivity index (χ0) is 15.8. The van der Waals surface area contributed by atoms with E-state index < -0.39 is 16.1 Å². The molecule has 0 spiro atoms. The Hall–Kier alpha value is -1.56. The van der Waals surface area contributed by atoms with Gasteiger partial charge in [0.1, 0.15) is 6.04 Å². The summed E-state index contributed by atoms with van der Waals surface area (Å²) >= 11 is 0. The molecule has 1 aromatic rings. The molecule has 0 radical (unpaired) electrons. The number of nitrogens with zero attached hydrogens (tertiary/aromatic N) is 1. The van der Waals surface area contributed by atoms with Gasteiger partial charge >= 0.3 is 0 Å². The van der Waals surface area contributed by atoms with Gasteiger partial charge in [-0.2, -0.15) is 0 Å². The van der Waals surface area contributed by atoms with Gasteiger partial charge in [0.25, 0.3) is 0 Å². The normalized spacial score (nSPS) is 16.4. The van der Waals surface area contributed by atoms with Gasteiger partial charge in [-0.15, -0.1) is 0 Å². The lowest BCUT2D eigenvalue weighted by Gasteiger charge is -2.28. The molecular formula is C15H22N2O3S. The predicted octanol–water partition coefficient (Wildman–Crippen LogP) is 1.74. The first kappa shape index (κ1) is 15.8. The van der Waals surface area contributed by atoms with Gasteiger partial charge in [-0.3, -0.25) is 9.10 Å². The van der Waals surface area contributed by atoms with Gasteiger partial charge < -0.3 is 5.32 Å². The standard InChI is InChI=1S/C15H22N2O3S/c1-10-7-11(2)9-14(8-10)17(21(4,19)20)12(3)15(18)16-13-5-6-13/h7-9,12-13H,5-6H2,1-4H3,(H,16,18)/t12-/m0/s1. The number of nitrogens with one attached hydrogen (secondary N) is 1. The summed E-state index contributed by atoms with van der Waals surface area (Å²) in [4.78, 5) is 12.2. The Bertz CT molecular complexity index is 631. The second kappa shape index (κ2) is 5.67. The van der Waals surface area contributed by atoms with Gasteiger partial charge in [0.05, 0.1) is 11.9 Å². The molecule has 0 unspecified atom stereocenters. The molecule has 1 N–H and O–H groups in total. The lowest BCUT2D eigenvalue weighted by atomic mass is 10.1. The number of sulfonamides is 1. The molecule has 0 heterocycles. The Balaban J connectivity index is 2.35. The van der Waals surface area contributed by atoms with E-state index in [9.17, 15) is 13.2 Å². The Morgan fingerprint density at radius 2 is 1.76 bits per heavy atom. The maximum atomic E-state index is 12.2. The number of rotatable bonds is 5. The molecule has 0 bridgehead atoms. The Morgan fingerprint density at radius 3 is 2.19 bits per heavy atom. The van der Waals surface area contributed by atoms with Crippen molar-refractivity contribution in [2.75, 3.05) is 10.6 Å². The lowest BCUT2D eigenvalue weighted by Crippen LogP contribution is -2.48. The number of hydrogen-bond acceptors (Lipinski definition) is 3. The van der Waals surface area contributed by atoms with Crippen molar-refractivity contribution in [3.05, 3.63) is 29.3 Å². The Kier molecular flexibility index (Phi) is 4.27. The minimum absolute atomic E-state index is 0.209. The topological polar surface area (TPSA) is 66.5 Å². The molecule has 0 aliphatic heterocycles. The van der Waals surface area contributed by atoms with Crippen LogP contribution < -0.4 is 9.62 Å². The average molecular weight is 310 g/mol. The van der Waals surface area contributed by atoms with Gasteiger partial charge in [0.15, 0.2) is 0 Å². The fourth-order valence-electron chi connectivity index (χ4n) is 2.44. The van der Waals surface area contributed by atoms with Crippen molar-refractivity contribution in [1.82, 2.24) is 5.32 Å². The van der Waals surface area contributed by atoms with Gasteiger partial charge in [-0.05, 0) is 56.9 Å². The molecular weight excluding hydrogens is 288 g/mol. The number of anilines is 1. The highest BCUT2D eigenvalue weighted by Gasteiger charge is 2.32. The summed E-state index contributed by atoms with van der Waals surface area (Å²) in [7, 11) is -3.54. The number of carbonyl (C=O) groups is 1. The minimum atomic E-state index is -3.54. The number of benzene rings is 1. The Morgan fingerprint density at radius 1 is 1.24 bits per heavy atom. The molecule has 1 saturated carbocycles. The van der Waals surface area contributed by atoms with Crippen LogP contribution in [0, 0.1) is 13.8 Å². The van der Waals surface area contributed by atoms with Gasteiger partial charge in [0, 0.05) is 6.04 Å². The van der Waals surface area contributed by atoms with Crippen LogP contribution in [0.3, 0.4) is 0 Å². The first-order chi connectivity index (χ1) is 9.68. The average Bonchev–Trinajstić information content (AvgIpc) is 3.09.